The Labute approximate surface area is 166 Å². The standard InChI is InChI=1S/C22H16N2O5/c1-13-3-6-15(7-4-13)29-16-8-9-17-18(12-16)22(26)23(21(17)25)19-10-5-14(2)11-20(19)24(27)28/h3-12H,1-2H3. The quantitative estimate of drug-likeness (QED) is 0.364. The largest absolute Gasteiger partial charge is 0.457 e. The average Bonchev–Trinajstić information content (AvgIpc) is 2.94. The van der Waals surface area contributed by atoms with Crippen molar-refractivity contribution in [3.8, 4) is 11.5 Å². The molecule has 0 atom stereocenters. The van der Waals surface area contributed by atoms with Crippen LogP contribution in [0.15, 0.2) is 60.7 Å². The number of anilines is 1. The maximum absolute atomic E-state index is 12.9. The molecule has 0 aliphatic carbocycles. The van der Waals surface area contributed by atoms with E-state index >= 15 is 0 Å². The molecule has 1 heterocycles. The van der Waals surface area contributed by atoms with Gasteiger partial charge in [-0.15, -0.1) is 0 Å². The Bertz CT molecular complexity index is 1170. The summed E-state index contributed by atoms with van der Waals surface area (Å²) in [6.07, 6.45) is 0. The van der Waals surface area contributed by atoms with Gasteiger partial charge in [0.2, 0.25) is 0 Å². The van der Waals surface area contributed by atoms with E-state index in [1.165, 1.54) is 24.3 Å². The smallest absolute Gasteiger partial charge is 0.293 e. The summed E-state index contributed by atoms with van der Waals surface area (Å²) in [6.45, 7) is 3.66. The predicted molar refractivity (Wildman–Crippen MR) is 107 cm³/mol. The summed E-state index contributed by atoms with van der Waals surface area (Å²) in [5.74, 6) is -0.225. The van der Waals surface area contributed by atoms with E-state index in [4.69, 9.17) is 4.74 Å². The van der Waals surface area contributed by atoms with Crippen molar-refractivity contribution in [1.82, 2.24) is 0 Å². The van der Waals surface area contributed by atoms with Gasteiger partial charge in [0.15, 0.2) is 0 Å². The van der Waals surface area contributed by atoms with Crippen LogP contribution in [0.1, 0.15) is 31.8 Å². The highest BCUT2D eigenvalue weighted by molar-refractivity contribution is 6.35. The van der Waals surface area contributed by atoms with Crippen molar-refractivity contribution >= 4 is 23.2 Å². The van der Waals surface area contributed by atoms with Crippen LogP contribution in [-0.2, 0) is 0 Å². The van der Waals surface area contributed by atoms with Gasteiger partial charge in [0.25, 0.3) is 17.5 Å². The molecular formula is C22H16N2O5. The van der Waals surface area contributed by atoms with Gasteiger partial charge in [0, 0.05) is 6.07 Å². The Hall–Kier alpha value is -4.00. The van der Waals surface area contributed by atoms with Gasteiger partial charge in [0.05, 0.1) is 16.1 Å². The lowest BCUT2D eigenvalue weighted by molar-refractivity contribution is -0.384. The maximum atomic E-state index is 12.9. The van der Waals surface area contributed by atoms with Crippen molar-refractivity contribution in [3.63, 3.8) is 0 Å². The van der Waals surface area contributed by atoms with Crippen LogP contribution in [0.4, 0.5) is 11.4 Å². The Morgan fingerprint density at radius 3 is 2.10 bits per heavy atom. The van der Waals surface area contributed by atoms with Crippen molar-refractivity contribution < 1.29 is 19.2 Å². The van der Waals surface area contributed by atoms with E-state index in [9.17, 15) is 19.7 Å². The number of ether oxygens (including phenoxy) is 1. The number of hydrogen-bond acceptors (Lipinski definition) is 5. The lowest BCUT2D eigenvalue weighted by Crippen LogP contribution is -2.30. The number of nitro groups is 1. The molecule has 0 saturated heterocycles. The van der Waals surface area contributed by atoms with Crippen molar-refractivity contribution in [3.05, 3.63) is 93.0 Å². The molecular weight excluding hydrogens is 372 g/mol. The highest BCUT2D eigenvalue weighted by Crippen LogP contribution is 2.37. The normalized spacial score (nSPS) is 12.8. The third-order valence-corrected chi connectivity index (χ3v) is 4.68. The first-order valence-corrected chi connectivity index (χ1v) is 8.87. The van der Waals surface area contributed by atoms with Gasteiger partial charge in [-0.3, -0.25) is 19.7 Å². The number of carbonyl (C=O) groups excluding carboxylic acids is 2. The highest BCUT2D eigenvalue weighted by Gasteiger charge is 2.40. The predicted octanol–water partition coefficient (Wildman–Crippen LogP) is 4.80. The van der Waals surface area contributed by atoms with Gasteiger partial charge >= 0.3 is 0 Å². The number of rotatable bonds is 4. The number of nitro benzene ring substituents is 1. The molecule has 0 radical (unpaired) electrons. The number of aryl methyl sites for hydroxylation is 2. The van der Waals surface area contributed by atoms with Crippen molar-refractivity contribution in [2.75, 3.05) is 4.90 Å². The molecule has 0 bridgehead atoms. The minimum Gasteiger partial charge on any atom is -0.457 e. The molecule has 7 heteroatoms. The van der Waals surface area contributed by atoms with Crippen LogP contribution in [-0.4, -0.2) is 16.7 Å². The number of benzene rings is 3. The first-order valence-electron chi connectivity index (χ1n) is 8.87. The molecule has 4 rings (SSSR count). The number of carbonyl (C=O) groups is 2. The molecule has 7 nitrogen and oxygen atoms in total. The molecule has 0 aromatic heterocycles. The molecule has 0 N–H and O–H groups in total. The maximum Gasteiger partial charge on any atom is 0.293 e. The minimum absolute atomic E-state index is 0.0483. The van der Waals surface area contributed by atoms with Crippen molar-refractivity contribution in [1.29, 1.82) is 0 Å². The fourth-order valence-corrected chi connectivity index (χ4v) is 3.21. The molecule has 29 heavy (non-hydrogen) atoms. The van der Waals surface area contributed by atoms with E-state index in [2.05, 4.69) is 0 Å². The molecule has 3 aromatic carbocycles. The average molecular weight is 388 g/mol. The monoisotopic (exact) mass is 388 g/mol. The Kier molecular flexibility index (Phi) is 4.35. The van der Waals surface area contributed by atoms with Crippen LogP contribution in [0, 0.1) is 24.0 Å². The molecule has 144 valence electrons. The van der Waals surface area contributed by atoms with E-state index in [1.54, 1.807) is 31.2 Å². The summed E-state index contributed by atoms with van der Waals surface area (Å²) in [7, 11) is 0. The van der Waals surface area contributed by atoms with Crippen LogP contribution in [0.5, 0.6) is 11.5 Å². The highest BCUT2D eigenvalue weighted by atomic mass is 16.6. The third-order valence-electron chi connectivity index (χ3n) is 4.68. The lowest BCUT2D eigenvalue weighted by atomic mass is 10.1. The number of hydrogen-bond donors (Lipinski definition) is 0. The van der Waals surface area contributed by atoms with Crippen molar-refractivity contribution in [2.45, 2.75) is 13.8 Å². The first kappa shape index (κ1) is 18.4. The summed E-state index contributed by atoms with van der Waals surface area (Å²) < 4.78 is 5.77. The van der Waals surface area contributed by atoms with Crippen LogP contribution in [0.3, 0.4) is 0 Å². The summed E-state index contributed by atoms with van der Waals surface area (Å²) >= 11 is 0. The lowest BCUT2D eigenvalue weighted by Gasteiger charge is -2.14. The molecule has 0 saturated carbocycles. The fraction of sp³-hybridized carbons (Fsp3) is 0.0909. The second-order valence-corrected chi connectivity index (χ2v) is 6.82. The molecule has 0 spiro atoms. The fourth-order valence-electron chi connectivity index (χ4n) is 3.21. The zero-order chi connectivity index (χ0) is 20.7. The third kappa shape index (κ3) is 3.23. The number of imide groups is 1. The first-order chi connectivity index (χ1) is 13.8. The molecule has 2 amide bonds. The van der Waals surface area contributed by atoms with Gasteiger partial charge in [-0.25, -0.2) is 4.90 Å². The zero-order valence-corrected chi connectivity index (χ0v) is 15.7. The molecule has 0 unspecified atom stereocenters. The van der Waals surface area contributed by atoms with Crippen LogP contribution >= 0.6 is 0 Å². The van der Waals surface area contributed by atoms with Gasteiger partial charge in [-0.1, -0.05) is 23.8 Å². The van der Waals surface area contributed by atoms with E-state index in [1.807, 2.05) is 19.1 Å². The number of fused-ring (bicyclic) bond motifs is 1. The summed E-state index contributed by atoms with van der Waals surface area (Å²) in [4.78, 5) is 37.4. The second-order valence-electron chi connectivity index (χ2n) is 6.82. The van der Waals surface area contributed by atoms with Crippen molar-refractivity contribution in [2.24, 2.45) is 0 Å². The van der Waals surface area contributed by atoms with Gasteiger partial charge in [0.1, 0.15) is 17.2 Å². The van der Waals surface area contributed by atoms with Crippen LogP contribution in [0.25, 0.3) is 0 Å². The van der Waals surface area contributed by atoms with Gasteiger partial charge in [-0.2, -0.15) is 0 Å². The molecule has 1 aliphatic rings. The van der Waals surface area contributed by atoms with E-state index in [0.717, 1.165) is 10.5 Å². The Balaban J connectivity index is 1.71. The number of nitrogens with zero attached hydrogens (tertiary/aromatic N) is 2. The van der Waals surface area contributed by atoms with Crippen LogP contribution < -0.4 is 9.64 Å². The molecule has 1 aliphatic heterocycles. The topological polar surface area (TPSA) is 89.8 Å². The zero-order valence-electron chi connectivity index (χ0n) is 15.7. The minimum atomic E-state index is -0.619. The Morgan fingerprint density at radius 1 is 0.793 bits per heavy atom. The Morgan fingerprint density at radius 2 is 1.41 bits per heavy atom. The summed E-state index contributed by atoms with van der Waals surface area (Å²) in [6, 6.07) is 16.4. The van der Waals surface area contributed by atoms with Gasteiger partial charge in [-0.05, 0) is 55.8 Å². The van der Waals surface area contributed by atoms with Crippen LogP contribution in [0.2, 0.25) is 0 Å². The number of amides is 2. The van der Waals surface area contributed by atoms with E-state index in [-0.39, 0.29) is 22.5 Å². The van der Waals surface area contributed by atoms with Gasteiger partial charge < -0.3 is 4.74 Å². The second kappa shape index (κ2) is 6.87. The molecule has 3 aromatic rings. The summed E-state index contributed by atoms with van der Waals surface area (Å²) in [5.41, 5.74) is 1.73. The SMILES string of the molecule is Cc1ccc(Oc2ccc3c(c2)C(=O)N(c2ccc(C)cc2[N+](=O)[O-])C3=O)cc1. The summed E-state index contributed by atoms with van der Waals surface area (Å²) in [5, 5.41) is 11.4. The molecule has 0 fully saturated rings. The van der Waals surface area contributed by atoms with E-state index < -0.39 is 16.7 Å². The van der Waals surface area contributed by atoms with E-state index in [0.29, 0.717) is 17.1 Å².